The van der Waals surface area contributed by atoms with Crippen molar-refractivity contribution in [3.8, 4) is 0 Å². The largest absolute Gasteiger partial charge is 0.409 e. The van der Waals surface area contributed by atoms with E-state index in [1.807, 2.05) is 0 Å². The van der Waals surface area contributed by atoms with Crippen LogP contribution in [0.4, 0.5) is 13.2 Å². The highest BCUT2D eigenvalue weighted by Gasteiger charge is 2.44. The summed E-state index contributed by atoms with van der Waals surface area (Å²) in [6.07, 6.45) is -3.94. The molecular formula is C13H16F3NO2. The fraction of sp³-hybridized carbons (Fsp3) is 0.385. The van der Waals surface area contributed by atoms with E-state index in [2.05, 4.69) is 6.58 Å². The van der Waals surface area contributed by atoms with Gasteiger partial charge in [0.2, 0.25) is 0 Å². The molecular weight excluding hydrogens is 259 g/mol. The Labute approximate surface area is 109 Å². The van der Waals surface area contributed by atoms with Crippen LogP contribution in [0.2, 0.25) is 0 Å². The van der Waals surface area contributed by atoms with E-state index in [-0.39, 0.29) is 11.7 Å². The van der Waals surface area contributed by atoms with Crippen molar-refractivity contribution in [2.45, 2.75) is 18.3 Å². The van der Waals surface area contributed by atoms with Gasteiger partial charge in [-0.3, -0.25) is 0 Å². The molecule has 0 saturated carbocycles. The zero-order valence-corrected chi connectivity index (χ0v) is 10.5. The van der Waals surface area contributed by atoms with Crippen LogP contribution in [0, 0.1) is 0 Å². The summed E-state index contributed by atoms with van der Waals surface area (Å²) in [5.74, 6) is 0. The van der Waals surface area contributed by atoms with Crippen LogP contribution in [0.15, 0.2) is 43.0 Å². The van der Waals surface area contributed by atoms with Crippen LogP contribution in [0.3, 0.4) is 0 Å². The summed E-state index contributed by atoms with van der Waals surface area (Å²) in [7, 11) is 1.36. The smallest absolute Gasteiger partial charge is 0.383 e. The van der Waals surface area contributed by atoms with E-state index >= 15 is 0 Å². The van der Waals surface area contributed by atoms with Crippen molar-refractivity contribution in [2.24, 2.45) is 0 Å². The summed E-state index contributed by atoms with van der Waals surface area (Å²) < 4.78 is 43.2. The first-order valence-corrected chi connectivity index (χ1v) is 5.62. The van der Waals surface area contributed by atoms with Crippen LogP contribution in [0.1, 0.15) is 11.6 Å². The molecule has 0 aromatic heterocycles. The number of hydrogen-bond donors (Lipinski definition) is 1. The molecule has 0 bridgehead atoms. The summed E-state index contributed by atoms with van der Waals surface area (Å²) in [5, 5.41) is 10.1. The van der Waals surface area contributed by atoms with Gasteiger partial charge in [0, 0.05) is 7.11 Å². The number of methoxy groups -OCH3 is 1. The van der Waals surface area contributed by atoms with Gasteiger partial charge in [0.15, 0.2) is 0 Å². The first kappa shape index (κ1) is 15.7. The SMILES string of the molecule is C=CC(N(O)[C@@H](COC)c1ccccc1)C(F)(F)F. The van der Waals surface area contributed by atoms with Crippen LogP contribution >= 0.6 is 0 Å². The molecule has 0 aliphatic rings. The monoisotopic (exact) mass is 275 g/mol. The van der Waals surface area contributed by atoms with E-state index in [0.29, 0.717) is 11.6 Å². The predicted octanol–water partition coefficient (Wildman–Crippen LogP) is 3.18. The van der Waals surface area contributed by atoms with Gasteiger partial charge in [-0.1, -0.05) is 36.4 Å². The molecule has 3 nitrogen and oxygen atoms in total. The normalized spacial score (nSPS) is 15.3. The number of alkyl halides is 3. The lowest BCUT2D eigenvalue weighted by atomic mass is 10.1. The molecule has 0 saturated heterocycles. The Morgan fingerprint density at radius 2 is 1.95 bits per heavy atom. The summed E-state index contributed by atoms with van der Waals surface area (Å²) in [4.78, 5) is 0. The highest BCUT2D eigenvalue weighted by atomic mass is 19.4. The number of rotatable bonds is 6. The van der Waals surface area contributed by atoms with E-state index in [0.717, 1.165) is 0 Å². The predicted molar refractivity (Wildman–Crippen MR) is 64.7 cm³/mol. The third-order valence-corrected chi connectivity index (χ3v) is 2.67. The minimum Gasteiger partial charge on any atom is -0.383 e. The van der Waals surface area contributed by atoms with Gasteiger partial charge in [0.25, 0.3) is 0 Å². The zero-order chi connectivity index (χ0) is 14.5. The van der Waals surface area contributed by atoms with E-state index in [1.54, 1.807) is 30.3 Å². The second-order valence-electron chi connectivity index (χ2n) is 3.98. The number of hydrogen-bond acceptors (Lipinski definition) is 3. The summed E-state index contributed by atoms with van der Waals surface area (Å²) in [6.45, 7) is 3.05. The topological polar surface area (TPSA) is 32.7 Å². The Kier molecular flexibility index (Phi) is 5.53. The van der Waals surface area contributed by atoms with Crippen molar-refractivity contribution in [3.63, 3.8) is 0 Å². The maximum Gasteiger partial charge on any atom is 0.409 e. The number of ether oxygens (including phenoxy) is 1. The average molecular weight is 275 g/mol. The second kappa shape index (κ2) is 6.70. The fourth-order valence-electron chi connectivity index (χ4n) is 1.74. The number of halogens is 3. The minimum atomic E-state index is -4.60. The van der Waals surface area contributed by atoms with Gasteiger partial charge in [-0.05, 0) is 5.56 Å². The van der Waals surface area contributed by atoms with Crippen molar-refractivity contribution in [1.82, 2.24) is 5.06 Å². The quantitative estimate of drug-likeness (QED) is 0.639. The van der Waals surface area contributed by atoms with Gasteiger partial charge in [0.05, 0.1) is 12.6 Å². The van der Waals surface area contributed by atoms with Gasteiger partial charge in [-0.15, -0.1) is 6.58 Å². The van der Waals surface area contributed by atoms with Crippen LogP contribution in [-0.4, -0.2) is 36.2 Å². The van der Waals surface area contributed by atoms with Crippen LogP contribution in [0.25, 0.3) is 0 Å². The summed E-state index contributed by atoms with van der Waals surface area (Å²) in [6, 6.07) is 5.30. The van der Waals surface area contributed by atoms with Crippen molar-refractivity contribution in [1.29, 1.82) is 0 Å². The molecule has 0 heterocycles. The molecule has 19 heavy (non-hydrogen) atoms. The van der Waals surface area contributed by atoms with E-state index < -0.39 is 18.3 Å². The molecule has 0 radical (unpaired) electrons. The molecule has 1 aromatic rings. The highest BCUT2D eigenvalue weighted by molar-refractivity contribution is 5.19. The minimum absolute atomic E-state index is 0.0685. The molecule has 1 N–H and O–H groups in total. The first-order valence-electron chi connectivity index (χ1n) is 5.62. The lowest BCUT2D eigenvalue weighted by molar-refractivity contribution is -0.257. The number of nitrogens with zero attached hydrogens (tertiary/aromatic N) is 1. The van der Waals surface area contributed by atoms with Gasteiger partial charge in [0.1, 0.15) is 6.04 Å². The van der Waals surface area contributed by atoms with Gasteiger partial charge in [-0.25, -0.2) is 0 Å². The van der Waals surface area contributed by atoms with Crippen LogP contribution < -0.4 is 0 Å². The summed E-state index contributed by atoms with van der Waals surface area (Å²) >= 11 is 0. The summed E-state index contributed by atoms with van der Waals surface area (Å²) in [5.41, 5.74) is 0.531. The van der Waals surface area contributed by atoms with Crippen molar-refractivity contribution in [3.05, 3.63) is 48.6 Å². The Morgan fingerprint density at radius 3 is 2.37 bits per heavy atom. The van der Waals surface area contributed by atoms with E-state index in [1.165, 1.54) is 7.11 Å². The fourth-order valence-corrected chi connectivity index (χ4v) is 1.74. The molecule has 1 rings (SSSR count). The number of benzene rings is 1. The Hall–Kier alpha value is -1.37. The zero-order valence-electron chi connectivity index (χ0n) is 10.5. The maximum absolute atomic E-state index is 12.8. The third-order valence-electron chi connectivity index (χ3n) is 2.67. The molecule has 2 atom stereocenters. The number of hydroxylamine groups is 2. The molecule has 1 aromatic carbocycles. The Morgan fingerprint density at radius 1 is 1.37 bits per heavy atom. The molecule has 0 aliphatic heterocycles. The second-order valence-corrected chi connectivity index (χ2v) is 3.98. The van der Waals surface area contributed by atoms with Crippen LogP contribution in [-0.2, 0) is 4.74 Å². The van der Waals surface area contributed by atoms with Crippen molar-refractivity contribution in [2.75, 3.05) is 13.7 Å². The molecule has 0 fully saturated rings. The van der Waals surface area contributed by atoms with Crippen molar-refractivity contribution >= 4 is 0 Å². The lowest BCUT2D eigenvalue weighted by Gasteiger charge is -2.32. The molecule has 1 unspecified atom stereocenters. The highest BCUT2D eigenvalue weighted by Crippen LogP contribution is 2.30. The van der Waals surface area contributed by atoms with Crippen LogP contribution in [0.5, 0.6) is 0 Å². The maximum atomic E-state index is 12.8. The molecule has 106 valence electrons. The lowest BCUT2D eigenvalue weighted by Crippen LogP contribution is -2.45. The van der Waals surface area contributed by atoms with E-state index in [4.69, 9.17) is 4.74 Å². The Bertz CT molecular complexity index is 395. The van der Waals surface area contributed by atoms with Gasteiger partial charge >= 0.3 is 6.18 Å². The van der Waals surface area contributed by atoms with Crippen molar-refractivity contribution < 1.29 is 23.1 Å². The van der Waals surface area contributed by atoms with Gasteiger partial charge in [-0.2, -0.15) is 18.2 Å². The standard InChI is InChI=1S/C13H16F3NO2/c1-3-12(13(14,15)16)17(18)11(9-19-2)10-7-5-4-6-8-10/h3-8,11-12,18H,1,9H2,2H3/t11-,12?/m0/s1. The van der Waals surface area contributed by atoms with E-state index in [9.17, 15) is 18.4 Å². The Balaban J connectivity index is 3.02. The van der Waals surface area contributed by atoms with Gasteiger partial charge < -0.3 is 9.94 Å². The third kappa shape index (κ3) is 4.05. The average Bonchev–Trinajstić information content (AvgIpc) is 2.36. The molecule has 0 aliphatic carbocycles. The first-order chi connectivity index (χ1) is 8.91. The molecule has 0 amide bonds. The molecule has 0 spiro atoms. The molecule has 6 heteroatoms.